The van der Waals surface area contributed by atoms with E-state index in [-0.39, 0.29) is 29.3 Å². The molecule has 0 atom stereocenters. The van der Waals surface area contributed by atoms with Crippen LogP contribution in [0.1, 0.15) is 38.8 Å². The number of amides is 1. The Labute approximate surface area is 182 Å². The van der Waals surface area contributed by atoms with Crippen molar-refractivity contribution >= 4 is 28.6 Å². The number of para-hydroxylation sites is 2. The minimum Gasteiger partial charge on any atom is -0.337 e. The molecule has 2 aromatic carbocycles. The van der Waals surface area contributed by atoms with Gasteiger partial charge < -0.3 is 4.90 Å². The molecule has 0 bridgehead atoms. The number of rotatable bonds is 6. The molecule has 0 fully saturated rings. The van der Waals surface area contributed by atoms with E-state index in [1.165, 1.54) is 11.8 Å². The summed E-state index contributed by atoms with van der Waals surface area (Å²) in [4.78, 5) is 33.0. The Morgan fingerprint density at radius 1 is 1.00 bits per heavy atom. The van der Waals surface area contributed by atoms with Crippen molar-refractivity contribution in [2.24, 2.45) is 0 Å². The molecule has 0 spiro atoms. The lowest BCUT2D eigenvalue weighted by molar-refractivity contribution is -0.131. The molecule has 3 aromatic rings. The van der Waals surface area contributed by atoms with E-state index in [4.69, 9.17) is 4.98 Å². The summed E-state index contributed by atoms with van der Waals surface area (Å²) in [6.45, 7) is 12.0. The van der Waals surface area contributed by atoms with Crippen LogP contribution in [0.15, 0.2) is 52.4 Å². The van der Waals surface area contributed by atoms with Crippen LogP contribution in [-0.4, -0.2) is 38.2 Å². The highest BCUT2D eigenvalue weighted by atomic mass is 32.2. The van der Waals surface area contributed by atoms with Gasteiger partial charge in [-0.3, -0.25) is 14.2 Å². The van der Waals surface area contributed by atoms with E-state index in [0.29, 0.717) is 16.1 Å². The van der Waals surface area contributed by atoms with Gasteiger partial charge in [0.15, 0.2) is 5.16 Å². The number of thioether (sulfide) groups is 1. The van der Waals surface area contributed by atoms with Crippen molar-refractivity contribution in [2.45, 2.75) is 58.8 Å². The summed E-state index contributed by atoms with van der Waals surface area (Å²) in [5, 5.41) is 1.11. The van der Waals surface area contributed by atoms with Crippen LogP contribution in [0, 0.1) is 13.8 Å². The second-order valence-electron chi connectivity index (χ2n) is 8.07. The number of aryl methyl sites for hydroxylation is 2. The normalized spacial score (nSPS) is 11.5. The van der Waals surface area contributed by atoms with E-state index in [0.717, 1.165) is 16.8 Å². The van der Waals surface area contributed by atoms with E-state index in [2.05, 4.69) is 0 Å². The smallest absolute Gasteiger partial charge is 0.266 e. The zero-order valence-electron chi connectivity index (χ0n) is 18.5. The Hall–Kier alpha value is -2.60. The summed E-state index contributed by atoms with van der Waals surface area (Å²) in [6, 6.07) is 13.5. The average molecular weight is 424 g/mol. The van der Waals surface area contributed by atoms with Gasteiger partial charge in [0.05, 0.1) is 22.3 Å². The number of carbonyl (C=O) groups excluding carboxylic acids is 1. The maximum absolute atomic E-state index is 13.5. The standard InChI is InChI=1S/C24H29N3O2S/c1-15(2)26(16(3)4)21(28)14-30-24-25-20-13-8-7-12-19(20)23(29)27(24)22-17(5)10-9-11-18(22)6/h7-13,15-16H,14H2,1-6H3. The molecule has 0 saturated heterocycles. The van der Waals surface area contributed by atoms with Crippen molar-refractivity contribution in [3.8, 4) is 5.69 Å². The lowest BCUT2D eigenvalue weighted by Crippen LogP contribution is -2.43. The summed E-state index contributed by atoms with van der Waals surface area (Å²) in [6.07, 6.45) is 0. The predicted molar refractivity (Wildman–Crippen MR) is 125 cm³/mol. The van der Waals surface area contributed by atoms with Gasteiger partial charge in [0, 0.05) is 12.1 Å². The van der Waals surface area contributed by atoms with E-state index >= 15 is 0 Å². The Bertz CT molecular complexity index is 1110. The number of carbonyl (C=O) groups is 1. The van der Waals surface area contributed by atoms with Crippen molar-refractivity contribution in [1.29, 1.82) is 0 Å². The van der Waals surface area contributed by atoms with Crippen molar-refractivity contribution in [3.63, 3.8) is 0 Å². The van der Waals surface area contributed by atoms with E-state index in [1.54, 1.807) is 10.6 Å². The van der Waals surface area contributed by atoms with Crippen molar-refractivity contribution < 1.29 is 4.79 Å². The predicted octanol–water partition coefficient (Wildman–Crippen LogP) is 4.74. The lowest BCUT2D eigenvalue weighted by Gasteiger charge is -2.30. The van der Waals surface area contributed by atoms with E-state index < -0.39 is 0 Å². The second-order valence-corrected chi connectivity index (χ2v) is 9.01. The Morgan fingerprint density at radius 2 is 1.60 bits per heavy atom. The maximum atomic E-state index is 13.5. The molecule has 1 amide bonds. The van der Waals surface area contributed by atoms with Gasteiger partial charge in [-0.2, -0.15) is 0 Å². The minimum absolute atomic E-state index is 0.0421. The van der Waals surface area contributed by atoms with Gasteiger partial charge in [-0.25, -0.2) is 4.98 Å². The third kappa shape index (κ3) is 4.29. The van der Waals surface area contributed by atoms with Gasteiger partial charge in [-0.05, 0) is 64.8 Å². The fourth-order valence-corrected chi connectivity index (χ4v) is 4.81. The SMILES string of the molecule is Cc1cccc(C)c1-n1c(SCC(=O)N(C(C)C)C(C)C)nc2ccccc2c1=O. The van der Waals surface area contributed by atoms with Crippen molar-refractivity contribution in [2.75, 3.05) is 5.75 Å². The van der Waals surface area contributed by atoms with Gasteiger partial charge in [-0.15, -0.1) is 0 Å². The molecule has 158 valence electrons. The first-order valence-corrected chi connectivity index (χ1v) is 11.2. The molecular formula is C24H29N3O2S. The van der Waals surface area contributed by atoms with Crippen LogP contribution in [0.3, 0.4) is 0 Å². The number of aromatic nitrogens is 2. The second kappa shape index (κ2) is 9.04. The molecule has 6 heteroatoms. The molecule has 30 heavy (non-hydrogen) atoms. The van der Waals surface area contributed by atoms with E-state index in [1.807, 2.05) is 82.8 Å². The molecule has 0 unspecified atom stereocenters. The minimum atomic E-state index is -0.113. The van der Waals surface area contributed by atoms with Crippen LogP contribution in [0.5, 0.6) is 0 Å². The van der Waals surface area contributed by atoms with Crippen LogP contribution in [0.25, 0.3) is 16.6 Å². The van der Waals surface area contributed by atoms with Crippen LogP contribution in [-0.2, 0) is 4.79 Å². The molecular weight excluding hydrogens is 394 g/mol. The fraction of sp³-hybridized carbons (Fsp3) is 0.375. The number of nitrogens with zero attached hydrogens (tertiary/aromatic N) is 3. The fourth-order valence-electron chi connectivity index (χ4n) is 3.94. The Kier molecular flexibility index (Phi) is 6.66. The zero-order valence-corrected chi connectivity index (χ0v) is 19.3. The van der Waals surface area contributed by atoms with Gasteiger partial charge in [0.2, 0.25) is 5.91 Å². The summed E-state index contributed by atoms with van der Waals surface area (Å²) in [5.41, 5.74) is 3.35. The van der Waals surface area contributed by atoms with Gasteiger partial charge >= 0.3 is 0 Å². The summed E-state index contributed by atoms with van der Waals surface area (Å²) >= 11 is 1.32. The van der Waals surface area contributed by atoms with Crippen LogP contribution in [0.4, 0.5) is 0 Å². The third-order valence-corrected chi connectivity index (χ3v) is 6.06. The zero-order chi connectivity index (χ0) is 22.0. The van der Waals surface area contributed by atoms with Crippen molar-refractivity contribution in [1.82, 2.24) is 14.5 Å². The van der Waals surface area contributed by atoms with Crippen molar-refractivity contribution in [3.05, 3.63) is 63.9 Å². The summed E-state index contributed by atoms with van der Waals surface area (Å²) < 4.78 is 1.67. The molecule has 3 rings (SSSR count). The highest BCUT2D eigenvalue weighted by Crippen LogP contribution is 2.26. The first-order chi connectivity index (χ1) is 14.2. The lowest BCUT2D eigenvalue weighted by atomic mass is 10.1. The average Bonchev–Trinajstić information content (AvgIpc) is 2.67. The number of hydrogen-bond acceptors (Lipinski definition) is 4. The largest absolute Gasteiger partial charge is 0.337 e. The summed E-state index contributed by atoms with van der Waals surface area (Å²) in [7, 11) is 0. The molecule has 1 aromatic heterocycles. The molecule has 5 nitrogen and oxygen atoms in total. The topological polar surface area (TPSA) is 55.2 Å². The molecule has 0 N–H and O–H groups in total. The molecule has 0 radical (unpaired) electrons. The van der Waals surface area contributed by atoms with E-state index in [9.17, 15) is 9.59 Å². The van der Waals surface area contributed by atoms with Gasteiger partial charge in [0.25, 0.3) is 5.56 Å². The quantitative estimate of drug-likeness (QED) is 0.424. The number of benzene rings is 2. The first kappa shape index (κ1) is 22.1. The molecule has 0 aliphatic heterocycles. The Balaban J connectivity index is 2.12. The molecule has 1 heterocycles. The highest BCUT2D eigenvalue weighted by molar-refractivity contribution is 7.99. The monoisotopic (exact) mass is 423 g/mol. The van der Waals surface area contributed by atoms with Crippen LogP contribution >= 0.6 is 11.8 Å². The number of fused-ring (bicyclic) bond motifs is 1. The highest BCUT2D eigenvalue weighted by Gasteiger charge is 2.22. The first-order valence-electron chi connectivity index (χ1n) is 10.2. The molecule has 0 aliphatic rings. The van der Waals surface area contributed by atoms with Gasteiger partial charge in [-0.1, -0.05) is 42.1 Å². The molecule has 0 saturated carbocycles. The van der Waals surface area contributed by atoms with Crippen LogP contribution in [0.2, 0.25) is 0 Å². The van der Waals surface area contributed by atoms with Crippen LogP contribution < -0.4 is 5.56 Å². The maximum Gasteiger partial charge on any atom is 0.266 e. The summed E-state index contributed by atoms with van der Waals surface area (Å²) in [5.74, 6) is 0.270. The third-order valence-electron chi connectivity index (χ3n) is 5.13. The Morgan fingerprint density at radius 3 is 2.20 bits per heavy atom. The molecule has 0 aliphatic carbocycles. The number of hydrogen-bond donors (Lipinski definition) is 0. The van der Waals surface area contributed by atoms with Gasteiger partial charge in [0.1, 0.15) is 0 Å².